The van der Waals surface area contributed by atoms with Crippen LogP contribution in [-0.2, 0) is 9.53 Å². The predicted octanol–water partition coefficient (Wildman–Crippen LogP) is 1.02. The number of amides is 1. The molecule has 3 fully saturated rings. The SMILES string of the molecule is O=C(CC1CCC12CCNCC2)N1CCOCC1. The fourth-order valence-corrected chi connectivity index (χ4v) is 3.81. The Morgan fingerprint density at radius 2 is 1.94 bits per heavy atom. The fraction of sp³-hybridized carbons (Fsp3) is 0.929. The highest BCUT2D eigenvalue weighted by atomic mass is 16.5. The Labute approximate surface area is 109 Å². The minimum Gasteiger partial charge on any atom is -0.378 e. The van der Waals surface area contributed by atoms with Gasteiger partial charge in [-0.05, 0) is 50.1 Å². The highest BCUT2D eigenvalue weighted by molar-refractivity contribution is 5.76. The molecule has 0 aromatic heterocycles. The van der Waals surface area contributed by atoms with Crippen molar-refractivity contribution < 1.29 is 9.53 Å². The van der Waals surface area contributed by atoms with Crippen molar-refractivity contribution in [3.8, 4) is 0 Å². The van der Waals surface area contributed by atoms with E-state index < -0.39 is 0 Å². The van der Waals surface area contributed by atoms with Crippen LogP contribution in [-0.4, -0.2) is 50.2 Å². The first-order valence-electron chi connectivity index (χ1n) is 7.36. The second-order valence-corrected chi connectivity index (χ2v) is 6.05. The molecule has 0 bridgehead atoms. The van der Waals surface area contributed by atoms with Crippen molar-refractivity contribution in [3.05, 3.63) is 0 Å². The molecule has 1 saturated carbocycles. The average molecular weight is 252 g/mol. The third kappa shape index (κ3) is 2.28. The Morgan fingerprint density at radius 3 is 2.56 bits per heavy atom. The largest absolute Gasteiger partial charge is 0.378 e. The molecular formula is C14H24N2O2. The lowest BCUT2D eigenvalue weighted by Gasteiger charge is -2.52. The molecule has 1 aliphatic carbocycles. The molecule has 1 amide bonds. The Bertz CT molecular complexity index is 307. The van der Waals surface area contributed by atoms with Crippen LogP contribution in [0.3, 0.4) is 0 Å². The molecule has 1 N–H and O–H groups in total. The minimum atomic E-state index is 0.362. The number of rotatable bonds is 2. The van der Waals surface area contributed by atoms with Gasteiger partial charge in [0.25, 0.3) is 0 Å². The smallest absolute Gasteiger partial charge is 0.223 e. The maximum Gasteiger partial charge on any atom is 0.223 e. The molecule has 2 heterocycles. The van der Waals surface area contributed by atoms with Crippen molar-refractivity contribution in [1.82, 2.24) is 10.2 Å². The van der Waals surface area contributed by atoms with E-state index in [-0.39, 0.29) is 0 Å². The molecule has 102 valence electrons. The molecule has 4 heteroatoms. The normalized spacial score (nSPS) is 31.1. The summed E-state index contributed by atoms with van der Waals surface area (Å²) in [5.74, 6) is 1.01. The van der Waals surface area contributed by atoms with Crippen LogP contribution in [0.2, 0.25) is 0 Å². The van der Waals surface area contributed by atoms with E-state index in [0.29, 0.717) is 30.5 Å². The average Bonchev–Trinajstić information content (AvgIpc) is 2.45. The van der Waals surface area contributed by atoms with Gasteiger partial charge in [0, 0.05) is 19.5 Å². The topological polar surface area (TPSA) is 41.6 Å². The lowest BCUT2D eigenvalue weighted by atomic mass is 9.55. The molecule has 1 atom stereocenters. The summed E-state index contributed by atoms with van der Waals surface area (Å²) in [6, 6.07) is 0. The number of hydrogen-bond donors (Lipinski definition) is 1. The molecule has 3 rings (SSSR count). The molecular weight excluding hydrogens is 228 g/mol. The quantitative estimate of drug-likeness (QED) is 0.797. The number of nitrogens with zero attached hydrogens (tertiary/aromatic N) is 1. The molecule has 2 aliphatic heterocycles. The van der Waals surface area contributed by atoms with E-state index in [1.807, 2.05) is 4.90 Å². The van der Waals surface area contributed by atoms with Gasteiger partial charge in [0.1, 0.15) is 0 Å². The van der Waals surface area contributed by atoms with Gasteiger partial charge in [0.15, 0.2) is 0 Å². The van der Waals surface area contributed by atoms with Crippen LogP contribution in [0.15, 0.2) is 0 Å². The number of piperidine rings is 1. The van der Waals surface area contributed by atoms with E-state index in [1.165, 1.54) is 25.7 Å². The lowest BCUT2D eigenvalue weighted by molar-refractivity contribution is -0.140. The van der Waals surface area contributed by atoms with Gasteiger partial charge in [-0.1, -0.05) is 0 Å². The van der Waals surface area contributed by atoms with Gasteiger partial charge >= 0.3 is 0 Å². The van der Waals surface area contributed by atoms with Crippen LogP contribution in [0.5, 0.6) is 0 Å². The number of nitrogens with one attached hydrogen (secondary N) is 1. The van der Waals surface area contributed by atoms with Crippen LogP contribution >= 0.6 is 0 Å². The highest BCUT2D eigenvalue weighted by Gasteiger charge is 2.47. The molecule has 1 unspecified atom stereocenters. The first-order valence-corrected chi connectivity index (χ1v) is 7.36. The summed E-state index contributed by atoms with van der Waals surface area (Å²) in [6.07, 6.45) is 5.92. The Kier molecular flexibility index (Phi) is 3.57. The van der Waals surface area contributed by atoms with E-state index in [9.17, 15) is 4.79 Å². The summed E-state index contributed by atoms with van der Waals surface area (Å²) < 4.78 is 5.30. The Balaban J connectivity index is 1.54. The third-order valence-electron chi connectivity index (χ3n) is 5.24. The monoisotopic (exact) mass is 252 g/mol. The molecule has 1 spiro atoms. The second kappa shape index (κ2) is 5.17. The molecule has 0 aromatic rings. The van der Waals surface area contributed by atoms with Crippen LogP contribution in [0, 0.1) is 11.3 Å². The maximum atomic E-state index is 12.3. The number of ether oxygens (including phenoxy) is 1. The summed E-state index contributed by atoms with van der Waals surface area (Å²) in [6.45, 7) is 5.29. The summed E-state index contributed by atoms with van der Waals surface area (Å²) in [7, 11) is 0. The first kappa shape index (κ1) is 12.4. The van der Waals surface area contributed by atoms with E-state index in [0.717, 1.165) is 32.6 Å². The molecule has 4 nitrogen and oxygen atoms in total. The standard InChI is InChI=1S/C14H24N2O2/c17-13(16-7-9-18-10-8-16)11-12-1-2-14(12)3-5-15-6-4-14/h12,15H,1-11H2. The van der Waals surface area contributed by atoms with Crippen LogP contribution in [0.25, 0.3) is 0 Å². The second-order valence-electron chi connectivity index (χ2n) is 6.05. The van der Waals surface area contributed by atoms with E-state index >= 15 is 0 Å². The number of hydrogen-bond acceptors (Lipinski definition) is 3. The van der Waals surface area contributed by atoms with Crippen molar-refractivity contribution in [3.63, 3.8) is 0 Å². The molecule has 0 aromatic carbocycles. The minimum absolute atomic E-state index is 0.362. The molecule has 0 radical (unpaired) electrons. The predicted molar refractivity (Wildman–Crippen MR) is 69.3 cm³/mol. The van der Waals surface area contributed by atoms with E-state index in [1.54, 1.807) is 0 Å². The van der Waals surface area contributed by atoms with E-state index in [2.05, 4.69) is 5.32 Å². The summed E-state index contributed by atoms with van der Waals surface area (Å²) in [4.78, 5) is 14.3. The number of carbonyl (C=O) groups excluding carboxylic acids is 1. The van der Waals surface area contributed by atoms with Gasteiger partial charge in [0.2, 0.25) is 5.91 Å². The van der Waals surface area contributed by atoms with Crippen LogP contribution in [0.1, 0.15) is 32.1 Å². The van der Waals surface area contributed by atoms with Crippen molar-refractivity contribution in [1.29, 1.82) is 0 Å². The third-order valence-corrected chi connectivity index (χ3v) is 5.24. The first-order chi connectivity index (χ1) is 8.80. The summed E-state index contributed by atoms with van der Waals surface area (Å²) in [5, 5.41) is 3.43. The zero-order valence-corrected chi connectivity index (χ0v) is 11.1. The van der Waals surface area contributed by atoms with Gasteiger partial charge in [-0.25, -0.2) is 0 Å². The van der Waals surface area contributed by atoms with Gasteiger partial charge in [-0.3, -0.25) is 4.79 Å². The van der Waals surface area contributed by atoms with Crippen molar-refractivity contribution in [2.75, 3.05) is 39.4 Å². The van der Waals surface area contributed by atoms with Crippen molar-refractivity contribution in [2.45, 2.75) is 32.1 Å². The number of carbonyl (C=O) groups is 1. The van der Waals surface area contributed by atoms with E-state index in [4.69, 9.17) is 4.74 Å². The van der Waals surface area contributed by atoms with Crippen molar-refractivity contribution in [2.24, 2.45) is 11.3 Å². The van der Waals surface area contributed by atoms with Crippen LogP contribution < -0.4 is 5.32 Å². The zero-order valence-electron chi connectivity index (χ0n) is 11.1. The Hall–Kier alpha value is -0.610. The summed E-state index contributed by atoms with van der Waals surface area (Å²) in [5.41, 5.74) is 0.507. The fourth-order valence-electron chi connectivity index (χ4n) is 3.81. The maximum absolute atomic E-state index is 12.3. The van der Waals surface area contributed by atoms with Gasteiger partial charge < -0.3 is 15.0 Å². The van der Waals surface area contributed by atoms with Gasteiger partial charge in [-0.2, -0.15) is 0 Å². The van der Waals surface area contributed by atoms with Crippen LogP contribution in [0.4, 0.5) is 0 Å². The summed E-state index contributed by atoms with van der Waals surface area (Å²) >= 11 is 0. The number of morpholine rings is 1. The highest BCUT2D eigenvalue weighted by Crippen LogP contribution is 2.54. The molecule has 18 heavy (non-hydrogen) atoms. The zero-order chi connectivity index (χ0) is 12.4. The lowest BCUT2D eigenvalue weighted by Crippen LogP contribution is -2.50. The molecule has 2 saturated heterocycles. The van der Waals surface area contributed by atoms with Crippen molar-refractivity contribution >= 4 is 5.91 Å². The molecule has 3 aliphatic rings. The van der Waals surface area contributed by atoms with Gasteiger partial charge in [0.05, 0.1) is 13.2 Å². The van der Waals surface area contributed by atoms with Gasteiger partial charge in [-0.15, -0.1) is 0 Å². The Morgan fingerprint density at radius 1 is 1.22 bits per heavy atom.